The van der Waals surface area contributed by atoms with E-state index in [0.717, 1.165) is 25.4 Å². The standard InChI is InChI=1S/C13H37NO3Si4/c1-18(2,3)15-21(13-11-10-12-14,16-19(4,5)6)17-20(7,8)9/h10-14H2,1-9H3. The number of hydrogen-bond acceptors (Lipinski definition) is 4. The Morgan fingerprint density at radius 2 is 0.952 bits per heavy atom. The van der Waals surface area contributed by atoms with Crippen molar-refractivity contribution in [3.8, 4) is 0 Å². The number of hydrogen-bond donors (Lipinski definition) is 1. The third-order valence-corrected chi connectivity index (χ3v) is 14.4. The molecule has 0 radical (unpaired) electrons. The van der Waals surface area contributed by atoms with Crippen LogP contribution in [-0.2, 0) is 12.3 Å². The maximum absolute atomic E-state index is 6.59. The van der Waals surface area contributed by atoms with Gasteiger partial charge in [0.15, 0.2) is 25.0 Å². The molecule has 21 heavy (non-hydrogen) atoms. The Labute approximate surface area is 136 Å². The first-order valence-electron chi connectivity index (χ1n) is 7.99. The summed E-state index contributed by atoms with van der Waals surface area (Å²) < 4.78 is 19.8. The minimum atomic E-state index is -2.61. The molecule has 0 unspecified atom stereocenters. The van der Waals surface area contributed by atoms with E-state index in [0.29, 0.717) is 0 Å². The van der Waals surface area contributed by atoms with Gasteiger partial charge in [0.2, 0.25) is 0 Å². The average molecular weight is 368 g/mol. The highest BCUT2D eigenvalue weighted by atomic mass is 28.5. The van der Waals surface area contributed by atoms with Crippen molar-refractivity contribution >= 4 is 33.8 Å². The monoisotopic (exact) mass is 367 g/mol. The predicted molar refractivity (Wildman–Crippen MR) is 102 cm³/mol. The molecule has 0 aromatic rings. The van der Waals surface area contributed by atoms with Crippen molar-refractivity contribution < 1.29 is 12.3 Å². The molecular formula is C13H37NO3Si4. The second kappa shape index (κ2) is 8.00. The van der Waals surface area contributed by atoms with E-state index in [1.54, 1.807) is 0 Å². The quantitative estimate of drug-likeness (QED) is 0.464. The Morgan fingerprint density at radius 3 is 1.19 bits per heavy atom. The van der Waals surface area contributed by atoms with Gasteiger partial charge in [0, 0.05) is 6.04 Å². The van der Waals surface area contributed by atoms with Crippen molar-refractivity contribution in [1.82, 2.24) is 0 Å². The van der Waals surface area contributed by atoms with E-state index in [2.05, 4.69) is 58.9 Å². The van der Waals surface area contributed by atoms with Crippen LogP contribution in [0.5, 0.6) is 0 Å². The Hall–Kier alpha value is 0.708. The molecule has 0 aliphatic carbocycles. The van der Waals surface area contributed by atoms with E-state index in [4.69, 9.17) is 18.1 Å². The summed E-state index contributed by atoms with van der Waals surface area (Å²) in [4.78, 5) is 0. The molecule has 0 fully saturated rings. The molecule has 0 rings (SSSR count). The normalized spacial score (nSPS) is 14.6. The molecule has 0 bridgehead atoms. The van der Waals surface area contributed by atoms with Crippen LogP contribution < -0.4 is 5.73 Å². The molecular weight excluding hydrogens is 330 g/mol. The molecule has 0 saturated carbocycles. The first kappa shape index (κ1) is 21.7. The smallest absolute Gasteiger partial charge is 0.417 e. The zero-order chi connectivity index (χ0) is 16.9. The van der Waals surface area contributed by atoms with E-state index in [1.807, 2.05) is 0 Å². The van der Waals surface area contributed by atoms with Crippen LogP contribution in [0.4, 0.5) is 0 Å². The van der Waals surface area contributed by atoms with Crippen molar-refractivity contribution in [1.29, 1.82) is 0 Å². The molecule has 0 saturated heterocycles. The topological polar surface area (TPSA) is 53.7 Å². The van der Waals surface area contributed by atoms with Crippen LogP contribution in [0.1, 0.15) is 12.8 Å². The van der Waals surface area contributed by atoms with Gasteiger partial charge in [-0.05, 0) is 78.3 Å². The van der Waals surface area contributed by atoms with Crippen LogP contribution in [0.15, 0.2) is 0 Å². The summed E-state index contributed by atoms with van der Waals surface area (Å²) in [6.07, 6.45) is 2.04. The van der Waals surface area contributed by atoms with Crippen molar-refractivity contribution in [2.24, 2.45) is 5.73 Å². The minimum Gasteiger partial charge on any atom is -0.417 e. The molecule has 0 aromatic carbocycles. The van der Waals surface area contributed by atoms with Crippen LogP contribution in [0, 0.1) is 0 Å². The van der Waals surface area contributed by atoms with Crippen molar-refractivity contribution in [2.75, 3.05) is 6.54 Å². The maximum Gasteiger partial charge on any atom is 0.469 e. The maximum atomic E-state index is 6.59. The molecule has 0 aliphatic rings. The fourth-order valence-electron chi connectivity index (χ4n) is 2.10. The summed E-state index contributed by atoms with van der Waals surface area (Å²) >= 11 is 0. The Balaban J connectivity index is 5.36. The zero-order valence-corrected chi connectivity index (χ0v) is 19.6. The molecule has 2 N–H and O–H groups in total. The van der Waals surface area contributed by atoms with Crippen molar-refractivity contribution in [2.45, 2.75) is 77.8 Å². The first-order chi connectivity index (χ1) is 9.18. The highest BCUT2D eigenvalue weighted by molar-refractivity contribution is 6.90. The summed E-state index contributed by atoms with van der Waals surface area (Å²) in [6, 6.07) is 0.906. The van der Waals surface area contributed by atoms with Gasteiger partial charge in [0.1, 0.15) is 0 Å². The van der Waals surface area contributed by atoms with Gasteiger partial charge in [0.05, 0.1) is 0 Å². The fraction of sp³-hybridized carbons (Fsp3) is 1.00. The highest BCUT2D eigenvalue weighted by Gasteiger charge is 2.49. The largest absolute Gasteiger partial charge is 0.469 e. The van der Waals surface area contributed by atoms with Gasteiger partial charge in [-0.25, -0.2) is 0 Å². The van der Waals surface area contributed by atoms with E-state index in [1.165, 1.54) is 0 Å². The second-order valence-corrected chi connectivity index (χ2v) is 25.6. The molecule has 0 heterocycles. The van der Waals surface area contributed by atoms with E-state index in [-0.39, 0.29) is 0 Å². The van der Waals surface area contributed by atoms with Gasteiger partial charge < -0.3 is 18.1 Å². The first-order valence-corrected chi connectivity index (χ1v) is 20.1. The van der Waals surface area contributed by atoms with Gasteiger partial charge in [-0.1, -0.05) is 0 Å². The third-order valence-electron chi connectivity index (χ3n) is 2.32. The van der Waals surface area contributed by atoms with E-state index in [9.17, 15) is 0 Å². The number of rotatable bonds is 10. The molecule has 0 spiro atoms. The van der Waals surface area contributed by atoms with Gasteiger partial charge in [0.25, 0.3) is 0 Å². The Kier molecular flexibility index (Phi) is 8.27. The fourth-order valence-corrected chi connectivity index (χ4v) is 16.8. The third kappa shape index (κ3) is 11.9. The van der Waals surface area contributed by atoms with Gasteiger partial charge >= 0.3 is 8.80 Å². The Bertz CT molecular complexity index is 267. The van der Waals surface area contributed by atoms with Crippen molar-refractivity contribution in [3.05, 3.63) is 0 Å². The van der Waals surface area contributed by atoms with Gasteiger partial charge in [-0.2, -0.15) is 0 Å². The lowest BCUT2D eigenvalue weighted by atomic mass is 10.3. The lowest BCUT2D eigenvalue weighted by molar-refractivity contribution is 0.250. The lowest BCUT2D eigenvalue weighted by Crippen LogP contribution is -2.60. The van der Waals surface area contributed by atoms with Crippen molar-refractivity contribution in [3.63, 3.8) is 0 Å². The number of unbranched alkanes of at least 4 members (excludes halogenated alkanes) is 1. The molecule has 0 aliphatic heterocycles. The van der Waals surface area contributed by atoms with Crippen LogP contribution in [-0.4, -0.2) is 40.3 Å². The molecule has 8 heteroatoms. The van der Waals surface area contributed by atoms with E-state index >= 15 is 0 Å². The molecule has 0 atom stereocenters. The van der Waals surface area contributed by atoms with E-state index < -0.39 is 33.8 Å². The molecule has 0 amide bonds. The molecule has 128 valence electrons. The number of nitrogens with two attached hydrogens (primary N) is 1. The lowest BCUT2D eigenvalue weighted by Gasteiger charge is -2.43. The minimum absolute atomic E-state index is 0.720. The average Bonchev–Trinajstić information content (AvgIpc) is 2.08. The van der Waals surface area contributed by atoms with Crippen LogP contribution in [0.25, 0.3) is 0 Å². The van der Waals surface area contributed by atoms with Gasteiger partial charge in [-0.15, -0.1) is 0 Å². The van der Waals surface area contributed by atoms with Gasteiger partial charge in [-0.3, -0.25) is 0 Å². The predicted octanol–water partition coefficient (Wildman–Crippen LogP) is 4.22. The second-order valence-electron chi connectivity index (χ2n) is 8.57. The summed E-state index contributed by atoms with van der Waals surface area (Å²) in [5.74, 6) is 0. The van der Waals surface area contributed by atoms with Crippen LogP contribution >= 0.6 is 0 Å². The summed E-state index contributed by atoms with van der Waals surface area (Å²) in [6.45, 7) is 20.7. The zero-order valence-electron chi connectivity index (χ0n) is 15.6. The summed E-state index contributed by atoms with van der Waals surface area (Å²) in [5.41, 5.74) is 5.66. The Morgan fingerprint density at radius 1 is 0.619 bits per heavy atom. The highest BCUT2D eigenvalue weighted by Crippen LogP contribution is 2.30. The summed E-state index contributed by atoms with van der Waals surface area (Å²) in [7, 11) is -7.79. The van der Waals surface area contributed by atoms with Crippen LogP contribution in [0.3, 0.4) is 0 Å². The summed E-state index contributed by atoms with van der Waals surface area (Å²) in [5, 5.41) is 0. The SMILES string of the molecule is C[Si](C)(C)O[Si](CCCCN)(O[Si](C)(C)C)O[Si](C)(C)C. The molecule has 4 nitrogen and oxygen atoms in total. The molecule has 0 aromatic heterocycles. The van der Waals surface area contributed by atoms with Crippen LogP contribution in [0.2, 0.25) is 65.0 Å².